The van der Waals surface area contributed by atoms with Gasteiger partial charge in [-0.2, -0.15) is 0 Å². The van der Waals surface area contributed by atoms with Crippen LogP contribution in [-0.4, -0.2) is 29.7 Å². The van der Waals surface area contributed by atoms with E-state index < -0.39 is 17.2 Å². The molecular formula is C16H25ClN2O3S. The average Bonchev–Trinajstić information content (AvgIpc) is 2.81. The summed E-state index contributed by atoms with van der Waals surface area (Å²) >= 11 is 7.09. The molecule has 0 aliphatic rings. The van der Waals surface area contributed by atoms with Gasteiger partial charge < -0.3 is 15.4 Å². The smallest absolute Gasteiger partial charge is 0.407 e. The van der Waals surface area contributed by atoms with Crippen LogP contribution in [-0.2, 0) is 4.74 Å². The van der Waals surface area contributed by atoms with Crippen LogP contribution < -0.4 is 10.6 Å². The van der Waals surface area contributed by atoms with Crippen molar-refractivity contribution in [1.82, 2.24) is 10.6 Å². The van der Waals surface area contributed by atoms with Crippen LogP contribution in [0.1, 0.15) is 51.2 Å². The zero-order valence-electron chi connectivity index (χ0n) is 14.5. The molecule has 0 aliphatic heterocycles. The highest BCUT2D eigenvalue weighted by molar-refractivity contribution is 7.18. The van der Waals surface area contributed by atoms with Gasteiger partial charge in [-0.3, -0.25) is 4.79 Å². The molecule has 7 heteroatoms. The minimum Gasteiger partial charge on any atom is -0.444 e. The van der Waals surface area contributed by atoms with E-state index in [1.54, 1.807) is 32.9 Å². The van der Waals surface area contributed by atoms with Crippen molar-refractivity contribution in [3.05, 3.63) is 21.3 Å². The van der Waals surface area contributed by atoms with Gasteiger partial charge in [0.15, 0.2) is 0 Å². The third-order valence-corrected chi connectivity index (χ3v) is 4.70. The molecule has 0 aromatic carbocycles. The van der Waals surface area contributed by atoms with Gasteiger partial charge in [0.05, 0.1) is 14.8 Å². The molecule has 0 saturated heterocycles. The maximum atomic E-state index is 12.3. The number of amides is 2. The summed E-state index contributed by atoms with van der Waals surface area (Å²) in [6, 6.07) is 3.37. The number of hydrogen-bond donors (Lipinski definition) is 2. The van der Waals surface area contributed by atoms with Crippen LogP contribution in [0.2, 0.25) is 4.34 Å². The Kier molecular flexibility index (Phi) is 6.48. The number of thiophene rings is 1. The molecule has 0 spiro atoms. The number of halogens is 1. The normalized spacial score (nSPS) is 14.3. The van der Waals surface area contributed by atoms with E-state index in [4.69, 9.17) is 16.3 Å². The van der Waals surface area contributed by atoms with Crippen LogP contribution in [0.3, 0.4) is 0 Å². The van der Waals surface area contributed by atoms with E-state index in [1.165, 1.54) is 11.3 Å². The highest BCUT2D eigenvalue weighted by atomic mass is 35.5. The van der Waals surface area contributed by atoms with Crippen LogP contribution >= 0.6 is 22.9 Å². The van der Waals surface area contributed by atoms with E-state index in [0.717, 1.165) is 0 Å². The van der Waals surface area contributed by atoms with Crippen LogP contribution in [0, 0.1) is 5.92 Å². The first-order valence-corrected chi connectivity index (χ1v) is 8.67. The SMILES string of the molecule is CC(C)C(C)(CNC(=O)OC(C)(C)C)NC(=O)c1ccc(Cl)s1. The average molecular weight is 361 g/mol. The number of alkyl carbamates (subject to hydrolysis) is 1. The molecule has 2 amide bonds. The molecule has 0 fully saturated rings. The van der Waals surface area contributed by atoms with Gasteiger partial charge in [0.1, 0.15) is 5.60 Å². The van der Waals surface area contributed by atoms with Crippen LogP contribution in [0.5, 0.6) is 0 Å². The molecular weight excluding hydrogens is 336 g/mol. The molecule has 1 rings (SSSR count). The third-order valence-electron chi connectivity index (χ3n) is 3.47. The molecule has 23 heavy (non-hydrogen) atoms. The number of rotatable bonds is 5. The van der Waals surface area contributed by atoms with E-state index in [1.807, 2.05) is 20.8 Å². The second kappa shape index (κ2) is 7.53. The summed E-state index contributed by atoms with van der Waals surface area (Å²) in [5.41, 5.74) is -1.17. The molecule has 0 saturated carbocycles. The van der Waals surface area contributed by atoms with Gasteiger partial charge in [0.25, 0.3) is 5.91 Å². The maximum absolute atomic E-state index is 12.3. The second-order valence-corrected chi connectivity index (χ2v) is 8.70. The fraction of sp³-hybridized carbons (Fsp3) is 0.625. The van der Waals surface area contributed by atoms with Gasteiger partial charge in [-0.1, -0.05) is 25.4 Å². The van der Waals surface area contributed by atoms with Crippen molar-refractivity contribution in [2.45, 2.75) is 52.7 Å². The molecule has 1 heterocycles. The second-order valence-electron chi connectivity index (χ2n) is 6.99. The Morgan fingerprint density at radius 2 is 1.87 bits per heavy atom. The van der Waals surface area contributed by atoms with E-state index in [2.05, 4.69) is 10.6 Å². The van der Waals surface area contributed by atoms with Crippen molar-refractivity contribution >= 4 is 34.9 Å². The van der Waals surface area contributed by atoms with Gasteiger partial charge in [0, 0.05) is 6.54 Å². The third kappa shape index (κ3) is 6.39. The highest BCUT2D eigenvalue weighted by Gasteiger charge is 2.32. The zero-order valence-corrected chi connectivity index (χ0v) is 16.0. The molecule has 0 bridgehead atoms. The lowest BCUT2D eigenvalue weighted by atomic mass is 9.88. The molecule has 0 radical (unpaired) electrons. The summed E-state index contributed by atoms with van der Waals surface area (Å²) in [5.74, 6) is -0.0964. The van der Waals surface area contributed by atoms with Crippen molar-refractivity contribution in [2.24, 2.45) is 5.92 Å². The fourth-order valence-electron chi connectivity index (χ4n) is 1.72. The van der Waals surface area contributed by atoms with E-state index in [9.17, 15) is 9.59 Å². The van der Waals surface area contributed by atoms with E-state index in [0.29, 0.717) is 9.21 Å². The molecule has 5 nitrogen and oxygen atoms in total. The minimum absolute atomic E-state index is 0.108. The lowest BCUT2D eigenvalue weighted by molar-refractivity contribution is 0.0497. The summed E-state index contributed by atoms with van der Waals surface area (Å²) in [7, 11) is 0. The Morgan fingerprint density at radius 3 is 2.30 bits per heavy atom. The standard InChI is InChI=1S/C16H25ClN2O3S/c1-10(2)16(6,9-18-14(21)22-15(3,4)5)19-13(20)11-7-8-12(17)23-11/h7-8,10H,9H2,1-6H3,(H,18,21)(H,19,20). The summed E-state index contributed by atoms with van der Waals surface area (Å²) in [5, 5.41) is 5.71. The first kappa shape index (κ1) is 19.8. The number of carbonyl (C=O) groups is 2. The predicted molar refractivity (Wildman–Crippen MR) is 94.3 cm³/mol. The Morgan fingerprint density at radius 1 is 1.26 bits per heavy atom. The van der Waals surface area contributed by atoms with E-state index >= 15 is 0 Å². The first-order valence-electron chi connectivity index (χ1n) is 7.47. The number of nitrogens with one attached hydrogen (secondary N) is 2. The van der Waals surface area contributed by atoms with Gasteiger partial charge in [-0.05, 0) is 45.7 Å². The highest BCUT2D eigenvalue weighted by Crippen LogP contribution is 2.23. The molecule has 1 aromatic rings. The molecule has 1 atom stereocenters. The van der Waals surface area contributed by atoms with Crippen LogP contribution in [0.25, 0.3) is 0 Å². The molecule has 130 valence electrons. The topological polar surface area (TPSA) is 67.4 Å². The summed E-state index contributed by atoms with van der Waals surface area (Å²) in [6.45, 7) is 11.5. The summed E-state index contributed by atoms with van der Waals surface area (Å²) in [6.07, 6.45) is -0.502. The Balaban J connectivity index is 2.71. The maximum Gasteiger partial charge on any atom is 0.407 e. The predicted octanol–water partition coefficient (Wildman–Crippen LogP) is 4.07. The lowest BCUT2D eigenvalue weighted by Gasteiger charge is -2.35. The minimum atomic E-state index is -0.607. The molecule has 2 N–H and O–H groups in total. The Bertz CT molecular complexity index is 566. The lowest BCUT2D eigenvalue weighted by Crippen LogP contribution is -2.57. The first-order chi connectivity index (χ1) is 10.4. The molecule has 1 unspecified atom stereocenters. The van der Waals surface area contributed by atoms with Crippen molar-refractivity contribution in [2.75, 3.05) is 6.54 Å². The summed E-state index contributed by atoms with van der Waals surface area (Å²) in [4.78, 5) is 24.7. The number of ether oxygens (including phenoxy) is 1. The Hall–Kier alpha value is -1.27. The van der Waals surface area contributed by atoms with Crippen LogP contribution in [0.15, 0.2) is 12.1 Å². The Labute approximate surface area is 146 Å². The van der Waals surface area contributed by atoms with Crippen molar-refractivity contribution in [3.8, 4) is 0 Å². The largest absolute Gasteiger partial charge is 0.444 e. The van der Waals surface area contributed by atoms with Gasteiger partial charge in [-0.15, -0.1) is 11.3 Å². The molecule has 0 aliphatic carbocycles. The van der Waals surface area contributed by atoms with Crippen molar-refractivity contribution < 1.29 is 14.3 Å². The van der Waals surface area contributed by atoms with Crippen LogP contribution in [0.4, 0.5) is 4.79 Å². The summed E-state index contributed by atoms with van der Waals surface area (Å²) < 4.78 is 5.79. The quantitative estimate of drug-likeness (QED) is 0.831. The van der Waals surface area contributed by atoms with Crippen molar-refractivity contribution in [3.63, 3.8) is 0 Å². The van der Waals surface area contributed by atoms with Crippen molar-refractivity contribution in [1.29, 1.82) is 0 Å². The number of carbonyl (C=O) groups excluding carboxylic acids is 2. The van der Waals surface area contributed by atoms with Gasteiger partial charge in [0.2, 0.25) is 0 Å². The number of hydrogen-bond acceptors (Lipinski definition) is 4. The van der Waals surface area contributed by atoms with Gasteiger partial charge in [-0.25, -0.2) is 4.79 Å². The van der Waals surface area contributed by atoms with E-state index in [-0.39, 0.29) is 18.4 Å². The monoisotopic (exact) mass is 360 g/mol. The fourth-order valence-corrected chi connectivity index (χ4v) is 2.66. The zero-order chi connectivity index (χ0) is 17.8. The molecule has 1 aromatic heterocycles. The van der Waals surface area contributed by atoms with Gasteiger partial charge >= 0.3 is 6.09 Å².